The van der Waals surface area contributed by atoms with Crippen molar-refractivity contribution < 1.29 is 14.6 Å². The number of carbonyl (C=O) groups excluding carboxylic acids is 1. The average molecular weight is 201 g/mol. The molecule has 0 atom stereocenters. The van der Waals surface area contributed by atoms with E-state index >= 15 is 0 Å². The highest BCUT2D eigenvalue weighted by Crippen LogP contribution is 2.27. The molecule has 76 valence electrons. The Kier molecular flexibility index (Phi) is 2.29. The van der Waals surface area contributed by atoms with Gasteiger partial charge in [0.25, 0.3) is 0 Å². The molecule has 15 heavy (non-hydrogen) atoms. The first-order valence-electron chi connectivity index (χ1n) is 4.51. The van der Waals surface area contributed by atoms with E-state index < -0.39 is 5.97 Å². The van der Waals surface area contributed by atoms with Gasteiger partial charge in [-0.15, -0.1) is 0 Å². The number of methoxy groups -OCH3 is 1. The molecule has 0 heterocycles. The number of benzene rings is 2. The zero-order valence-electron chi connectivity index (χ0n) is 8.19. The molecule has 0 aliphatic carbocycles. The molecule has 0 aliphatic rings. The molecule has 0 aromatic heterocycles. The van der Waals surface area contributed by atoms with E-state index in [0.29, 0.717) is 11.1 Å². The number of hydrogen-bond acceptors (Lipinski definition) is 3. The summed E-state index contributed by atoms with van der Waals surface area (Å²) in [6.45, 7) is 0. The van der Waals surface area contributed by atoms with Crippen LogP contribution in [0.2, 0.25) is 0 Å². The topological polar surface area (TPSA) is 49.4 Å². The first-order valence-corrected chi connectivity index (χ1v) is 4.51. The Morgan fingerprint density at radius 1 is 1.13 bits per heavy atom. The Balaban J connectivity index is 2.83. The summed E-state index contributed by atoms with van der Waals surface area (Å²) in [4.78, 5) is 10.9. The van der Waals surface area contributed by atoms with Crippen LogP contribution < -0.4 is 9.84 Å². The van der Waals surface area contributed by atoms with Gasteiger partial charge in [-0.1, -0.05) is 24.3 Å². The average Bonchev–Trinajstić information content (AvgIpc) is 2.27. The molecule has 3 nitrogen and oxygen atoms in total. The predicted molar refractivity (Wildman–Crippen MR) is 54.8 cm³/mol. The van der Waals surface area contributed by atoms with E-state index in [4.69, 9.17) is 4.74 Å². The van der Waals surface area contributed by atoms with Crippen LogP contribution >= 0.6 is 0 Å². The molecule has 3 heteroatoms. The van der Waals surface area contributed by atoms with Crippen LogP contribution in [-0.2, 0) is 0 Å². The predicted octanol–water partition coefficient (Wildman–Crippen LogP) is 1.21. The van der Waals surface area contributed by atoms with E-state index in [1.165, 1.54) is 6.07 Å². The number of hydrogen-bond donors (Lipinski definition) is 0. The van der Waals surface area contributed by atoms with Crippen molar-refractivity contribution in [2.24, 2.45) is 0 Å². The number of aromatic carboxylic acids is 1. The maximum Gasteiger partial charge on any atom is 0.126 e. The Labute approximate surface area is 86.9 Å². The van der Waals surface area contributed by atoms with Gasteiger partial charge >= 0.3 is 0 Å². The van der Waals surface area contributed by atoms with Gasteiger partial charge in [0.15, 0.2) is 0 Å². The molecule has 0 fully saturated rings. The summed E-state index contributed by atoms with van der Waals surface area (Å²) < 4.78 is 5.15. The first-order chi connectivity index (χ1) is 7.24. The third kappa shape index (κ3) is 1.52. The van der Waals surface area contributed by atoms with E-state index in [2.05, 4.69) is 0 Å². The van der Waals surface area contributed by atoms with E-state index in [0.717, 1.165) is 5.39 Å². The molecular weight excluding hydrogens is 192 g/mol. The van der Waals surface area contributed by atoms with Crippen LogP contribution in [0.4, 0.5) is 0 Å². The summed E-state index contributed by atoms with van der Waals surface area (Å²) in [5, 5.41) is 12.3. The van der Waals surface area contributed by atoms with Gasteiger partial charge in [0, 0.05) is 10.9 Å². The van der Waals surface area contributed by atoms with Crippen molar-refractivity contribution >= 4 is 16.7 Å². The Morgan fingerprint density at radius 2 is 1.80 bits per heavy atom. The fraction of sp³-hybridized carbons (Fsp3) is 0.0833. The molecule has 0 N–H and O–H groups in total. The molecule has 0 radical (unpaired) electrons. The quantitative estimate of drug-likeness (QED) is 0.733. The molecule has 0 bridgehead atoms. The van der Waals surface area contributed by atoms with Gasteiger partial charge < -0.3 is 14.6 Å². The van der Waals surface area contributed by atoms with Crippen molar-refractivity contribution in [2.45, 2.75) is 0 Å². The summed E-state index contributed by atoms with van der Waals surface area (Å²) in [5.74, 6) is -0.510. The normalized spacial score (nSPS) is 10.2. The Morgan fingerprint density at radius 3 is 2.40 bits per heavy atom. The highest BCUT2D eigenvalue weighted by Gasteiger charge is 2.05. The van der Waals surface area contributed by atoms with Crippen molar-refractivity contribution in [1.82, 2.24) is 0 Å². The molecule has 2 rings (SSSR count). The lowest BCUT2D eigenvalue weighted by Gasteiger charge is -2.10. The van der Waals surface area contributed by atoms with E-state index in [-0.39, 0.29) is 5.56 Å². The highest BCUT2D eigenvalue weighted by molar-refractivity contribution is 6.04. The molecule has 0 saturated heterocycles. The third-order valence-corrected chi connectivity index (χ3v) is 2.32. The zero-order valence-corrected chi connectivity index (χ0v) is 8.19. The summed E-state index contributed by atoms with van der Waals surface area (Å²) in [7, 11) is 1.56. The Hall–Kier alpha value is -2.03. The van der Waals surface area contributed by atoms with Crippen molar-refractivity contribution in [3.05, 3.63) is 42.0 Å². The summed E-state index contributed by atoms with van der Waals surface area (Å²) in [5.41, 5.74) is 0.186. The van der Waals surface area contributed by atoms with Crippen molar-refractivity contribution in [3.63, 3.8) is 0 Å². The lowest BCUT2D eigenvalue weighted by atomic mass is 10.0. The van der Waals surface area contributed by atoms with Gasteiger partial charge in [-0.2, -0.15) is 0 Å². The van der Waals surface area contributed by atoms with Gasteiger partial charge in [0.1, 0.15) is 5.75 Å². The second-order valence-corrected chi connectivity index (χ2v) is 3.15. The van der Waals surface area contributed by atoms with E-state index in [9.17, 15) is 9.90 Å². The lowest BCUT2D eigenvalue weighted by Crippen LogP contribution is -2.22. The van der Waals surface area contributed by atoms with Crippen molar-refractivity contribution in [3.8, 4) is 5.75 Å². The van der Waals surface area contributed by atoms with Gasteiger partial charge in [-0.3, -0.25) is 0 Å². The fourth-order valence-electron chi connectivity index (χ4n) is 1.63. The van der Waals surface area contributed by atoms with Gasteiger partial charge in [-0.25, -0.2) is 0 Å². The minimum absolute atomic E-state index is 0.186. The summed E-state index contributed by atoms with van der Waals surface area (Å²) in [6.07, 6.45) is 0. The minimum atomic E-state index is -1.17. The fourth-order valence-corrected chi connectivity index (χ4v) is 1.63. The van der Waals surface area contributed by atoms with Crippen LogP contribution in [0.15, 0.2) is 36.4 Å². The molecule has 0 aliphatic heterocycles. The van der Waals surface area contributed by atoms with E-state index in [1.54, 1.807) is 25.3 Å². The van der Waals surface area contributed by atoms with Crippen LogP contribution in [0, 0.1) is 0 Å². The highest BCUT2D eigenvalue weighted by atomic mass is 16.5. The number of ether oxygens (including phenoxy) is 1. The van der Waals surface area contributed by atoms with Crippen LogP contribution in [0.3, 0.4) is 0 Å². The van der Waals surface area contributed by atoms with Crippen LogP contribution in [-0.4, -0.2) is 13.1 Å². The van der Waals surface area contributed by atoms with Gasteiger partial charge in [0.2, 0.25) is 0 Å². The first kappa shape index (κ1) is 9.52. The minimum Gasteiger partial charge on any atom is -0.545 e. The number of carboxylic acid groups (broad SMARTS) is 1. The number of rotatable bonds is 2. The molecule has 0 saturated carbocycles. The smallest absolute Gasteiger partial charge is 0.126 e. The molecule has 2 aromatic rings. The number of fused-ring (bicyclic) bond motifs is 1. The SMILES string of the molecule is COc1ccc(C(=O)[O-])c2ccccc12. The Bertz CT molecular complexity index is 517. The number of carboxylic acids is 1. The van der Waals surface area contributed by atoms with Crippen LogP contribution in [0.5, 0.6) is 5.75 Å². The van der Waals surface area contributed by atoms with Crippen LogP contribution in [0.1, 0.15) is 10.4 Å². The molecule has 0 spiro atoms. The second-order valence-electron chi connectivity index (χ2n) is 3.15. The molecular formula is C12H9O3-. The number of carbonyl (C=O) groups is 1. The molecule has 0 amide bonds. The zero-order chi connectivity index (χ0) is 10.8. The third-order valence-electron chi connectivity index (χ3n) is 2.32. The molecule has 0 unspecified atom stereocenters. The van der Waals surface area contributed by atoms with Crippen molar-refractivity contribution in [1.29, 1.82) is 0 Å². The summed E-state index contributed by atoms with van der Waals surface area (Å²) in [6, 6.07) is 10.3. The monoisotopic (exact) mass is 201 g/mol. The molecule has 2 aromatic carbocycles. The second kappa shape index (κ2) is 3.61. The van der Waals surface area contributed by atoms with Gasteiger partial charge in [0.05, 0.1) is 13.1 Å². The maximum absolute atomic E-state index is 10.9. The summed E-state index contributed by atoms with van der Waals surface area (Å²) >= 11 is 0. The lowest BCUT2D eigenvalue weighted by molar-refractivity contribution is -0.254. The maximum atomic E-state index is 10.9. The van der Waals surface area contributed by atoms with Gasteiger partial charge in [-0.05, 0) is 17.5 Å². The van der Waals surface area contributed by atoms with Crippen molar-refractivity contribution in [2.75, 3.05) is 7.11 Å². The largest absolute Gasteiger partial charge is 0.545 e. The van der Waals surface area contributed by atoms with Crippen LogP contribution in [0.25, 0.3) is 10.8 Å². The van der Waals surface area contributed by atoms with E-state index in [1.807, 2.05) is 12.1 Å². The standard InChI is InChI=1S/C12H10O3/c1-15-11-7-6-10(12(13)14)8-4-2-3-5-9(8)11/h2-7H,1H3,(H,13,14)/p-1.